The van der Waals surface area contributed by atoms with Gasteiger partial charge in [0.1, 0.15) is 5.69 Å². The minimum absolute atomic E-state index is 0.0553. The zero-order valence-electron chi connectivity index (χ0n) is 12.2. The van der Waals surface area contributed by atoms with Crippen molar-refractivity contribution < 1.29 is 4.79 Å². The van der Waals surface area contributed by atoms with Gasteiger partial charge in [-0.05, 0) is 43.0 Å². The number of nitrogens with one attached hydrogen (secondary N) is 1. The lowest BCUT2D eigenvalue weighted by Gasteiger charge is -2.19. The Kier molecular flexibility index (Phi) is 3.80. The number of aryl methyl sites for hydroxylation is 1. The van der Waals surface area contributed by atoms with Gasteiger partial charge in [-0.2, -0.15) is 0 Å². The Bertz CT molecular complexity index is 758. The Hall–Kier alpha value is -2.07. The number of amides is 1. The van der Waals surface area contributed by atoms with Crippen molar-refractivity contribution in [1.29, 1.82) is 0 Å². The summed E-state index contributed by atoms with van der Waals surface area (Å²) in [5, 5.41) is 3.12. The van der Waals surface area contributed by atoms with E-state index in [2.05, 4.69) is 30.1 Å². The van der Waals surface area contributed by atoms with Crippen molar-refractivity contribution >= 4 is 28.1 Å². The third-order valence-electron chi connectivity index (χ3n) is 3.60. The molecule has 0 fully saturated rings. The second kappa shape index (κ2) is 5.74. The molecule has 0 aliphatic heterocycles. The number of H-pyrrole nitrogens is 1. The van der Waals surface area contributed by atoms with Gasteiger partial charge in [-0.15, -0.1) is 11.3 Å². The van der Waals surface area contributed by atoms with Gasteiger partial charge in [0.05, 0.1) is 6.54 Å². The lowest BCUT2D eigenvalue weighted by atomic mass is 10.2. The van der Waals surface area contributed by atoms with Gasteiger partial charge >= 0.3 is 0 Å². The summed E-state index contributed by atoms with van der Waals surface area (Å²) in [7, 11) is 0. The highest BCUT2D eigenvalue weighted by molar-refractivity contribution is 7.09. The highest BCUT2D eigenvalue weighted by Gasteiger charge is 2.17. The SMILES string of the molecule is CCN(Cc1cccs1)C(=O)c1cc2ccc(C)cc2[nH]1. The summed E-state index contributed by atoms with van der Waals surface area (Å²) in [6.07, 6.45) is 0. The van der Waals surface area contributed by atoms with E-state index in [0.29, 0.717) is 18.8 Å². The number of fused-ring (bicyclic) bond motifs is 1. The van der Waals surface area contributed by atoms with Gasteiger partial charge in [-0.3, -0.25) is 4.79 Å². The number of hydrogen-bond acceptors (Lipinski definition) is 2. The first kappa shape index (κ1) is 13.9. The van der Waals surface area contributed by atoms with Crippen LogP contribution in [-0.4, -0.2) is 22.3 Å². The minimum atomic E-state index is 0.0553. The van der Waals surface area contributed by atoms with Crippen molar-refractivity contribution in [3.05, 3.63) is 57.9 Å². The van der Waals surface area contributed by atoms with Gasteiger partial charge in [0.25, 0.3) is 5.91 Å². The lowest BCUT2D eigenvalue weighted by molar-refractivity contribution is 0.0749. The molecule has 0 saturated carbocycles. The van der Waals surface area contributed by atoms with Crippen LogP contribution in [0.15, 0.2) is 41.8 Å². The van der Waals surface area contributed by atoms with Gasteiger partial charge in [0.2, 0.25) is 0 Å². The number of benzene rings is 1. The molecule has 108 valence electrons. The van der Waals surface area contributed by atoms with Crippen LogP contribution in [0, 0.1) is 6.92 Å². The molecule has 3 aromatic rings. The zero-order valence-corrected chi connectivity index (χ0v) is 13.0. The van der Waals surface area contributed by atoms with E-state index in [1.807, 2.05) is 35.4 Å². The number of rotatable bonds is 4. The molecule has 3 rings (SSSR count). The van der Waals surface area contributed by atoms with E-state index < -0.39 is 0 Å². The number of aromatic amines is 1. The molecule has 0 atom stereocenters. The van der Waals surface area contributed by atoms with E-state index in [9.17, 15) is 4.79 Å². The molecule has 2 heterocycles. The highest BCUT2D eigenvalue weighted by atomic mass is 32.1. The summed E-state index contributed by atoms with van der Waals surface area (Å²) in [6, 6.07) is 12.2. The fraction of sp³-hybridized carbons (Fsp3) is 0.235. The number of hydrogen-bond donors (Lipinski definition) is 1. The average Bonchev–Trinajstić information content (AvgIpc) is 3.12. The normalized spacial score (nSPS) is 11.0. The standard InChI is InChI=1S/C17H18N2OS/c1-3-19(11-14-5-4-8-21-14)17(20)16-10-13-7-6-12(2)9-15(13)18-16/h4-10,18H,3,11H2,1-2H3. The number of aromatic nitrogens is 1. The average molecular weight is 298 g/mol. The lowest BCUT2D eigenvalue weighted by Crippen LogP contribution is -2.30. The molecule has 0 unspecified atom stereocenters. The molecule has 0 radical (unpaired) electrons. The first-order chi connectivity index (χ1) is 10.2. The van der Waals surface area contributed by atoms with Crippen molar-refractivity contribution in [3.63, 3.8) is 0 Å². The Morgan fingerprint density at radius 3 is 2.86 bits per heavy atom. The van der Waals surface area contributed by atoms with Crippen LogP contribution >= 0.6 is 11.3 Å². The van der Waals surface area contributed by atoms with Gasteiger partial charge in [0, 0.05) is 22.3 Å². The maximum atomic E-state index is 12.7. The summed E-state index contributed by atoms with van der Waals surface area (Å²) in [5.74, 6) is 0.0553. The Balaban J connectivity index is 1.87. The zero-order chi connectivity index (χ0) is 14.8. The number of carbonyl (C=O) groups excluding carboxylic acids is 1. The van der Waals surface area contributed by atoms with Gasteiger partial charge in [-0.25, -0.2) is 0 Å². The predicted octanol–water partition coefficient (Wildman–Crippen LogP) is 4.20. The highest BCUT2D eigenvalue weighted by Crippen LogP contribution is 2.19. The van der Waals surface area contributed by atoms with Gasteiger partial charge in [-0.1, -0.05) is 18.2 Å². The van der Waals surface area contributed by atoms with Crippen LogP contribution in [0.4, 0.5) is 0 Å². The van der Waals surface area contributed by atoms with Crippen LogP contribution in [0.5, 0.6) is 0 Å². The minimum Gasteiger partial charge on any atom is -0.351 e. The second-order valence-corrected chi connectivity index (χ2v) is 6.20. The quantitative estimate of drug-likeness (QED) is 0.770. The van der Waals surface area contributed by atoms with E-state index >= 15 is 0 Å². The molecule has 21 heavy (non-hydrogen) atoms. The monoisotopic (exact) mass is 298 g/mol. The van der Waals surface area contributed by atoms with Crippen LogP contribution in [-0.2, 0) is 6.54 Å². The molecule has 0 aliphatic rings. The van der Waals surface area contributed by atoms with E-state index in [4.69, 9.17) is 0 Å². The van der Waals surface area contributed by atoms with Gasteiger partial charge < -0.3 is 9.88 Å². The van der Waals surface area contributed by atoms with E-state index in [-0.39, 0.29) is 5.91 Å². The molecule has 4 heteroatoms. The molecule has 1 aromatic carbocycles. The van der Waals surface area contributed by atoms with Crippen molar-refractivity contribution in [1.82, 2.24) is 9.88 Å². The van der Waals surface area contributed by atoms with E-state index in [0.717, 1.165) is 10.9 Å². The summed E-state index contributed by atoms with van der Waals surface area (Å²) >= 11 is 1.68. The largest absolute Gasteiger partial charge is 0.351 e. The molecule has 2 aromatic heterocycles. The molecule has 0 bridgehead atoms. The molecular formula is C17H18N2OS. The number of thiophene rings is 1. The van der Waals surface area contributed by atoms with E-state index in [1.54, 1.807) is 11.3 Å². The first-order valence-corrected chi connectivity index (χ1v) is 7.96. The molecule has 0 aliphatic carbocycles. The van der Waals surface area contributed by atoms with Crippen LogP contribution in [0.25, 0.3) is 10.9 Å². The molecule has 1 amide bonds. The first-order valence-electron chi connectivity index (χ1n) is 7.08. The van der Waals surface area contributed by atoms with E-state index in [1.165, 1.54) is 10.4 Å². The topological polar surface area (TPSA) is 36.1 Å². The van der Waals surface area contributed by atoms with Crippen LogP contribution in [0.2, 0.25) is 0 Å². The second-order valence-electron chi connectivity index (χ2n) is 5.17. The van der Waals surface area contributed by atoms with Gasteiger partial charge in [0.15, 0.2) is 0 Å². The molecule has 0 saturated heterocycles. The third kappa shape index (κ3) is 2.85. The van der Waals surface area contributed by atoms with Crippen LogP contribution in [0.3, 0.4) is 0 Å². The molecular weight excluding hydrogens is 280 g/mol. The summed E-state index contributed by atoms with van der Waals surface area (Å²) in [5.41, 5.74) is 2.87. The van der Waals surface area contributed by atoms with Crippen LogP contribution in [0.1, 0.15) is 27.9 Å². The van der Waals surface area contributed by atoms with Crippen molar-refractivity contribution in [2.24, 2.45) is 0 Å². The summed E-state index contributed by atoms with van der Waals surface area (Å²) in [6.45, 7) is 5.43. The van der Waals surface area contributed by atoms with Crippen LogP contribution < -0.4 is 0 Å². The molecule has 0 spiro atoms. The Morgan fingerprint density at radius 2 is 2.14 bits per heavy atom. The predicted molar refractivity (Wildman–Crippen MR) is 87.8 cm³/mol. The number of nitrogens with zero attached hydrogens (tertiary/aromatic N) is 1. The van der Waals surface area contributed by atoms with Crippen molar-refractivity contribution in [3.8, 4) is 0 Å². The third-order valence-corrected chi connectivity index (χ3v) is 4.47. The Labute approximate surface area is 128 Å². The fourth-order valence-electron chi connectivity index (χ4n) is 2.44. The van der Waals surface area contributed by atoms with Crippen molar-refractivity contribution in [2.45, 2.75) is 20.4 Å². The Morgan fingerprint density at radius 1 is 1.29 bits per heavy atom. The molecule has 1 N–H and O–H groups in total. The maximum Gasteiger partial charge on any atom is 0.270 e. The number of carbonyl (C=O) groups is 1. The van der Waals surface area contributed by atoms with Crippen molar-refractivity contribution in [2.75, 3.05) is 6.54 Å². The fourth-order valence-corrected chi connectivity index (χ4v) is 3.16. The smallest absolute Gasteiger partial charge is 0.270 e. The summed E-state index contributed by atoms with van der Waals surface area (Å²) in [4.78, 5) is 19.0. The summed E-state index contributed by atoms with van der Waals surface area (Å²) < 4.78 is 0. The molecule has 3 nitrogen and oxygen atoms in total. The maximum absolute atomic E-state index is 12.7.